The minimum absolute atomic E-state index is 0.0290. The van der Waals surface area contributed by atoms with Crippen molar-refractivity contribution in [2.24, 2.45) is 0 Å². The van der Waals surface area contributed by atoms with Crippen LogP contribution in [0.25, 0.3) is 0 Å². The van der Waals surface area contributed by atoms with Gasteiger partial charge in [0.1, 0.15) is 19.0 Å². The van der Waals surface area contributed by atoms with Crippen molar-refractivity contribution in [2.75, 3.05) is 31.3 Å². The summed E-state index contributed by atoms with van der Waals surface area (Å²) in [5.41, 5.74) is 0. The topological polar surface area (TPSA) is 72.9 Å². The molecule has 1 amide bonds. The molecule has 0 spiro atoms. The Kier molecular flexibility index (Phi) is 6.87. The van der Waals surface area contributed by atoms with Crippen molar-refractivity contribution in [1.82, 2.24) is 4.90 Å². The molecule has 0 saturated carbocycles. The average molecular weight is 410 g/mol. The van der Waals surface area contributed by atoms with Crippen molar-refractivity contribution >= 4 is 27.1 Å². The molecule has 1 saturated heterocycles. The van der Waals surface area contributed by atoms with Crippen LogP contribution in [0.1, 0.15) is 11.3 Å². The minimum Gasteiger partial charge on any atom is -0.491 e. The first-order chi connectivity index (χ1) is 13.0. The van der Waals surface area contributed by atoms with Crippen LogP contribution in [-0.4, -0.2) is 56.6 Å². The number of para-hydroxylation sites is 1. The van der Waals surface area contributed by atoms with Gasteiger partial charge in [0, 0.05) is 10.9 Å². The number of hydrogen-bond donors (Lipinski definition) is 0. The molecule has 0 aliphatic carbocycles. The van der Waals surface area contributed by atoms with Crippen LogP contribution < -0.4 is 4.74 Å². The fraction of sp³-hybridized carbons (Fsp3) is 0.421. The number of benzene rings is 1. The van der Waals surface area contributed by atoms with Gasteiger partial charge in [-0.25, -0.2) is 8.42 Å². The van der Waals surface area contributed by atoms with Crippen molar-refractivity contribution in [3.05, 3.63) is 52.7 Å². The summed E-state index contributed by atoms with van der Waals surface area (Å²) in [6, 6.07) is 13.0. The highest BCUT2D eigenvalue weighted by Crippen LogP contribution is 2.22. The van der Waals surface area contributed by atoms with E-state index in [1.54, 1.807) is 16.2 Å². The Morgan fingerprint density at radius 3 is 2.63 bits per heavy atom. The summed E-state index contributed by atoms with van der Waals surface area (Å²) in [7, 11) is -3.06. The van der Waals surface area contributed by atoms with E-state index in [1.807, 2.05) is 47.8 Å². The Balaban J connectivity index is 1.50. The first-order valence-electron chi connectivity index (χ1n) is 8.81. The Morgan fingerprint density at radius 1 is 1.15 bits per heavy atom. The summed E-state index contributed by atoms with van der Waals surface area (Å²) in [5, 5.41) is 1.95. The van der Waals surface area contributed by atoms with Crippen molar-refractivity contribution in [3.8, 4) is 5.75 Å². The number of rotatable bonds is 9. The molecule has 0 bridgehead atoms. The maximum absolute atomic E-state index is 12.7. The van der Waals surface area contributed by atoms with E-state index in [9.17, 15) is 13.2 Å². The van der Waals surface area contributed by atoms with Gasteiger partial charge >= 0.3 is 0 Å². The molecule has 27 heavy (non-hydrogen) atoms. The predicted molar refractivity (Wildman–Crippen MR) is 105 cm³/mol. The lowest BCUT2D eigenvalue weighted by Gasteiger charge is -2.27. The molecule has 0 unspecified atom stereocenters. The summed E-state index contributed by atoms with van der Waals surface area (Å²) in [6.45, 7) is 0.969. The highest BCUT2D eigenvalue weighted by molar-refractivity contribution is 7.91. The summed E-state index contributed by atoms with van der Waals surface area (Å²) in [5.74, 6) is 0.729. The van der Waals surface area contributed by atoms with Gasteiger partial charge in [-0.15, -0.1) is 11.3 Å². The van der Waals surface area contributed by atoms with Crippen LogP contribution in [0.4, 0.5) is 0 Å². The monoisotopic (exact) mass is 409 g/mol. The second-order valence-corrected chi connectivity index (χ2v) is 9.63. The number of carbonyl (C=O) groups excluding carboxylic acids is 1. The normalized spacial score (nSPS) is 18.3. The van der Waals surface area contributed by atoms with Gasteiger partial charge in [0.15, 0.2) is 9.84 Å². The number of hydrogen-bond acceptors (Lipinski definition) is 6. The number of ether oxygens (including phenoxy) is 2. The zero-order valence-electron chi connectivity index (χ0n) is 15.0. The number of carbonyl (C=O) groups is 1. The number of sulfone groups is 1. The number of nitrogens with zero attached hydrogens (tertiary/aromatic N) is 1. The smallest absolute Gasteiger partial charge is 0.249 e. The summed E-state index contributed by atoms with van der Waals surface area (Å²) >= 11 is 1.55. The van der Waals surface area contributed by atoms with E-state index in [0.717, 1.165) is 10.6 Å². The highest BCUT2D eigenvalue weighted by atomic mass is 32.2. The summed E-state index contributed by atoms with van der Waals surface area (Å²) in [6.07, 6.45) is 0.483. The second-order valence-electron chi connectivity index (χ2n) is 6.37. The number of thiophene rings is 1. The minimum atomic E-state index is -3.06. The van der Waals surface area contributed by atoms with E-state index in [1.165, 1.54) is 0 Å². The summed E-state index contributed by atoms with van der Waals surface area (Å²) < 4.78 is 34.6. The van der Waals surface area contributed by atoms with E-state index in [0.29, 0.717) is 19.6 Å². The molecule has 0 radical (unpaired) electrons. The fourth-order valence-electron chi connectivity index (χ4n) is 2.99. The molecule has 1 aromatic carbocycles. The van der Waals surface area contributed by atoms with Gasteiger partial charge in [-0.05, 0) is 30.0 Å². The van der Waals surface area contributed by atoms with Gasteiger partial charge in [-0.2, -0.15) is 0 Å². The SMILES string of the molecule is O=C(COCCOc1ccccc1)N(Cc1cccs1)[C@H]1CCS(=O)(=O)C1. The first kappa shape index (κ1) is 19.9. The lowest BCUT2D eigenvalue weighted by molar-refractivity contribution is -0.138. The van der Waals surface area contributed by atoms with E-state index >= 15 is 0 Å². The van der Waals surface area contributed by atoms with Crippen LogP contribution >= 0.6 is 11.3 Å². The number of amides is 1. The molecule has 2 heterocycles. The van der Waals surface area contributed by atoms with Gasteiger partial charge in [0.2, 0.25) is 5.91 Å². The van der Waals surface area contributed by atoms with Crippen molar-refractivity contribution in [3.63, 3.8) is 0 Å². The fourth-order valence-corrected chi connectivity index (χ4v) is 5.42. The Hall–Kier alpha value is -1.90. The lowest BCUT2D eigenvalue weighted by Crippen LogP contribution is -2.42. The largest absolute Gasteiger partial charge is 0.491 e. The quantitative estimate of drug-likeness (QED) is 0.595. The van der Waals surface area contributed by atoms with Crippen LogP contribution in [0.3, 0.4) is 0 Å². The highest BCUT2D eigenvalue weighted by Gasteiger charge is 2.34. The Morgan fingerprint density at radius 2 is 1.96 bits per heavy atom. The van der Waals surface area contributed by atoms with E-state index in [4.69, 9.17) is 9.47 Å². The Labute approximate surface area is 163 Å². The molecular weight excluding hydrogens is 386 g/mol. The lowest BCUT2D eigenvalue weighted by atomic mass is 10.2. The average Bonchev–Trinajstić information content (AvgIpc) is 3.29. The Bertz CT molecular complexity index is 821. The molecule has 1 aliphatic rings. The van der Waals surface area contributed by atoms with E-state index < -0.39 is 9.84 Å². The van der Waals surface area contributed by atoms with Crippen LogP contribution in [0.2, 0.25) is 0 Å². The molecule has 6 nitrogen and oxygen atoms in total. The predicted octanol–water partition coefficient (Wildman–Crippen LogP) is 2.36. The third kappa shape index (κ3) is 6.05. The van der Waals surface area contributed by atoms with Gasteiger partial charge in [-0.3, -0.25) is 4.79 Å². The molecule has 3 rings (SSSR count). The van der Waals surface area contributed by atoms with Crippen molar-refractivity contribution < 1.29 is 22.7 Å². The second kappa shape index (κ2) is 9.34. The molecule has 1 aliphatic heterocycles. The molecule has 0 N–H and O–H groups in total. The van der Waals surface area contributed by atoms with Crippen LogP contribution in [0.15, 0.2) is 47.8 Å². The standard InChI is InChI=1S/C19H23NO5S2/c21-19(14-24-9-10-25-17-5-2-1-3-6-17)20(13-18-7-4-11-26-18)16-8-12-27(22,23)15-16/h1-7,11,16H,8-10,12-15H2/t16-/m0/s1. The maximum atomic E-state index is 12.7. The van der Waals surface area contributed by atoms with Crippen molar-refractivity contribution in [1.29, 1.82) is 0 Å². The molecule has 2 aromatic rings. The molecule has 1 atom stereocenters. The molecular formula is C19H23NO5S2. The summed E-state index contributed by atoms with van der Waals surface area (Å²) in [4.78, 5) is 15.3. The first-order valence-corrected chi connectivity index (χ1v) is 11.5. The van der Waals surface area contributed by atoms with Gasteiger partial charge < -0.3 is 14.4 Å². The molecule has 1 fully saturated rings. The van der Waals surface area contributed by atoms with Crippen molar-refractivity contribution in [2.45, 2.75) is 19.0 Å². The van der Waals surface area contributed by atoms with E-state index in [-0.39, 0.29) is 36.7 Å². The molecule has 146 valence electrons. The van der Waals surface area contributed by atoms with Crippen LogP contribution in [0, 0.1) is 0 Å². The van der Waals surface area contributed by atoms with Gasteiger partial charge in [0.25, 0.3) is 0 Å². The van der Waals surface area contributed by atoms with Crippen LogP contribution in [0.5, 0.6) is 5.75 Å². The van der Waals surface area contributed by atoms with Gasteiger partial charge in [-0.1, -0.05) is 24.3 Å². The molecule has 1 aromatic heterocycles. The van der Waals surface area contributed by atoms with E-state index in [2.05, 4.69) is 0 Å². The molecule has 8 heteroatoms. The zero-order valence-corrected chi connectivity index (χ0v) is 16.6. The third-order valence-corrected chi connectivity index (χ3v) is 6.95. The van der Waals surface area contributed by atoms with Gasteiger partial charge in [0.05, 0.1) is 24.7 Å². The van der Waals surface area contributed by atoms with Crippen LogP contribution in [-0.2, 0) is 25.9 Å². The maximum Gasteiger partial charge on any atom is 0.249 e. The third-order valence-electron chi connectivity index (χ3n) is 4.34. The zero-order chi connectivity index (χ0) is 19.1.